The third kappa shape index (κ3) is 1.22. The number of benzene rings is 1. The first-order chi connectivity index (χ1) is 7.25. The molecule has 0 radical (unpaired) electrons. The van der Waals surface area contributed by atoms with E-state index in [-0.39, 0.29) is 6.17 Å². The molecule has 0 aliphatic carbocycles. The Kier molecular flexibility index (Phi) is 1.73. The van der Waals surface area contributed by atoms with Crippen molar-refractivity contribution in [1.82, 2.24) is 5.32 Å². The lowest BCUT2D eigenvalue weighted by Gasteiger charge is -2.10. The highest BCUT2D eigenvalue weighted by atomic mass is 16.4. The Morgan fingerprint density at radius 3 is 3.00 bits per heavy atom. The fraction of sp³-hybridized carbons (Fsp3) is 0.364. The zero-order chi connectivity index (χ0) is 10.4. The smallest absolute Gasteiger partial charge is 0.320 e. The van der Waals surface area contributed by atoms with E-state index in [9.17, 15) is 4.79 Å². The normalized spacial score (nSPS) is 31.9. The van der Waals surface area contributed by atoms with Crippen LogP contribution >= 0.6 is 0 Å². The maximum Gasteiger partial charge on any atom is 0.320 e. The van der Waals surface area contributed by atoms with Gasteiger partial charge in [0.2, 0.25) is 0 Å². The monoisotopic (exact) mass is 204 g/mol. The van der Waals surface area contributed by atoms with Gasteiger partial charge in [-0.15, -0.1) is 0 Å². The average molecular weight is 204 g/mol. The first kappa shape index (κ1) is 8.73. The minimum absolute atomic E-state index is 0.0866. The fourth-order valence-corrected chi connectivity index (χ4v) is 2.53. The summed E-state index contributed by atoms with van der Waals surface area (Å²) < 4.78 is 0. The second kappa shape index (κ2) is 2.97. The van der Waals surface area contributed by atoms with Crippen LogP contribution in [0.4, 0.5) is 5.69 Å². The van der Waals surface area contributed by atoms with Crippen molar-refractivity contribution < 1.29 is 9.90 Å². The number of hydrogen-bond donors (Lipinski definition) is 3. The number of carboxylic acids is 1. The van der Waals surface area contributed by atoms with E-state index in [1.54, 1.807) is 0 Å². The van der Waals surface area contributed by atoms with Gasteiger partial charge in [0, 0.05) is 11.6 Å². The van der Waals surface area contributed by atoms with Crippen molar-refractivity contribution in [2.24, 2.45) is 0 Å². The highest BCUT2D eigenvalue weighted by molar-refractivity contribution is 5.75. The van der Waals surface area contributed by atoms with E-state index < -0.39 is 12.0 Å². The second-order valence-electron chi connectivity index (χ2n) is 4.11. The Balaban J connectivity index is 1.91. The zero-order valence-corrected chi connectivity index (χ0v) is 8.10. The molecule has 78 valence electrons. The van der Waals surface area contributed by atoms with Crippen LogP contribution in [0, 0.1) is 0 Å². The molecule has 0 spiro atoms. The first-order valence-corrected chi connectivity index (χ1v) is 5.10. The zero-order valence-electron chi connectivity index (χ0n) is 8.10. The molecule has 3 rings (SSSR count). The summed E-state index contributed by atoms with van der Waals surface area (Å²) in [4.78, 5) is 10.9. The summed E-state index contributed by atoms with van der Waals surface area (Å²) in [6, 6.07) is 7.67. The number of para-hydroxylation sites is 1. The summed E-state index contributed by atoms with van der Waals surface area (Å²) in [5.41, 5.74) is 2.36. The molecule has 0 bridgehead atoms. The summed E-state index contributed by atoms with van der Waals surface area (Å²) >= 11 is 0. The number of carboxylic acid groups (broad SMARTS) is 1. The fourth-order valence-electron chi connectivity index (χ4n) is 2.53. The molecule has 3 atom stereocenters. The Morgan fingerprint density at radius 1 is 1.40 bits per heavy atom. The molecule has 3 N–H and O–H groups in total. The van der Waals surface area contributed by atoms with Crippen molar-refractivity contribution in [2.45, 2.75) is 24.5 Å². The van der Waals surface area contributed by atoms with E-state index in [1.165, 1.54) is 5.56 Å². The van der Waals surface area contributed by atoms with Gasteiger partial charge in [-0.25, -0.2) is 0 Å². The van der Waals surface area contributed by atoms with Crippen molar-refractivity contribution in [1.29, 1.82) is 0 Å². The number of aliphatic carboxylic acids is 1. The van der Waals surface area contributed by atoms with Gasteiger partial charge in [0.05, 0.1) is 6.17 Å². The molecule has 4 heteroatoms. The molecule has 1 aromatic carbocycles. The predicted octanol–water partition coefficient (Wildman–Crippen LogP) is 0.968. The molecule has 1 aromatic rings. The van der Waals surface area contributed by atoms with E-state index in [2.05, 4.69) is 16.7 Å². The SMILES string of the molecule is O=C(O)[C@@H]1CC2c3ccccc3NC2N1. The molecule has 15 heavy (non-hydrogen) atoms. The summed E-state index contributed by atoms with van der Waals surface area (Å²) in [7, 11) is 0. The maximum atomic E-state index is 10.9. The summed E-state index contributed by atoms with van der Waals surface area (Å²) in [5, 5.41) is 15.3. The first-order valence-electron chi connectivity index (χ1n) is 5.10. The molecule has 1 saturated heterocycles. The number of carbonyl (C=O) groups is 1. The van der Waals surface area contributed by atoms with Gasteiger partial charge < -0.3 is 10.4 Å². The molecule has 1 fully saturated rings. The van der Waals surface area contributed by atoms with Crippen molar-refractivity contribution in [3.05, 3.63) is 29.8 Å². The number of anilines is 1. The quantitative estimate of drug-likeness (QED) is 0.638. The molecule has 4 nitrogen and oxygen atoms in total. The number of nitrogens with one attached hydrogen (secondary N) is 2. The van der Waals surface area contributed by atoms with Gasteiger partial charge in [0.15, 0.2) is 0 Å². The van der Waals surface area contributed by atoms with Crippen LogP contribution in [0.5, 0.6) is 0 Å². The third-order valence-electron chi connectivity index (χ3n) is 3.24. The second-order valence-corrected chi connectivity index (χ2v) is 4.11. The number of hydrogen-bond acceptors (Lipinski definition) is 3. The maximum absolute atomic E-state index is 10.9. The molecule has 2 heterocycles. The van der Waals surface area contributed by atoms with Gasteiger partial charge in [0.25, 0.3) is 0 Å². The van der Waals surface area contributed by atoms with Crippen LogP contribution in [-0.4, -0.2) is 23.3 Å². The van der Waals surface area contributed by atoms with Gasteiger partial charge in [-0.05, 0) is 18.1 Å². The molecule has 0 saturated carbocycles. The lowest BCUT2D eigenvalue weighted by atomic mass is 9.96. The Bertz CT molecular complexity index is 419. The minimum Gasteiger partial charge on any atom is -0.480 e. The van der Waals surface area contributed by atoms with E-state index in [4.69, 9.17) is 5.11 Å². The molecule has 0 amide bonds. The van der Waals surface area contributed by atoms with Crippen LogP contribution < -0.4 is 10.6 Å². The Morgan fingerprint density at radius 2 is 2.20 bits per heavy atom. The van der Waals surface area contributed by atoms with Crippen LogP contribution in [0.15, 0.2) is 24.3 Å². The Labute approximate surface area is 87.3 Å². The van der Waals surface area contributed by atoms with Crippen LogP contribution in [0.2, 0.25) is 0 Å². The van der Waals surface area contributed by atoms with Crippen LogP contribution in [-0.2, 0) is 4.79 Å². The van der Waals surface area contributed by atoms with Crippen molar-refractivity contribution in [3.63, 3.8) is 0 Å². The van der Waals surface area contributed by atoms with Gasteiger partial charge in [0.1, 0.15) is 6.04 Å². The minimum atomic E-state index is -0.760. The van der Waals surface area contributed by atoms with Crippen molar-refractivity contribution >= 4 is 11.7 Å². The molecule has 0 aromatic heterocycles. The van der Waals surface area contributed by atoms with Gasteiger partial charge in [-0.3, -0.25) is 10.1 Å². The molecular weight excluding hydrogens is 192 g/mol. The lowest BCUT2D eigenvalue weighted by Crippen LogP contribution is -2.38. The average Bonchev–Trinajstić information content (AvgIpc) is 2.73. The summed E-state index contributed by atoms with van der Waals surface area (Å²) in [5.74, 6) is -0.467. The largest absolute Gasteiger partial charge is 0.480 e. The summed E-state index contributed by atoms with van der Waals surface area (Å²) in [6.07, 6.45) is 0.757. The van der Waals surface area contributed by atoms with Crippen LogP contribution in [0.25, 0.3) is 0 Å². The third-order valence-corrected chi connectivity index (χ3v) is 3.24. The lowest BCUT2D eigenvalue weighted by molar-refractivity contribution is -0.139. The van der Waals surface area contributed by atoms with Crippen molar-refractivity contribution in [3.8, 4) is 0 Å². The standard InChI is InChI=1S/C11H12N2O2/c14-11(15)9-5-7-6-3-1-2-4-8(6)12-10(7)13-9/h1-4,7,9-10,12-13H,5H2,(H,14,15)/t7?,9-,10?/m0/s1. The van der Waals surface area contributed by atoms with E-state index in [0.717, 1.165) is 5.69 Å². The van der Waals surface area contributed by atoms with Gasteiger partial charge in [-0.1, -0.05) is 18.2 Å². The molecule has 2 aliphatic rings. The molecule has 2 aliphatic heterocycles. The summed E-state index contributed by atoms with van der Waals surface area (Å²) in [6.45, 7) is 0. The van der Waals surface area contributed by atoms with Crippen molar-refractivity contribution in [2.75, 3.05) is 5.32 Å². The molecule has 2 unspecified atom stereocenters. The topological polar surface area (TPSA) is 61.4 Å². The van der Waals surface area contributed by atoms with Crippen LogP contribution in [0.3, 0.4) is 0 Å². The van der Waals surface area contributed by atoms with E-state index in [0.29, 0.717) is 12.3 Å². The van der Waals surface area contributed by atoms with E-state index in [1.807, 2.05) is 18.2 Å². The van der Waals surface area contributed by atoms with Gasteiger partial charge >= 0.3 is 5.97 Å². The number of rotatable bonds is 1. The number of fused-ring (bicyclic) bond motifs is 3. The van der Waals surface area contributed by atoms with Gasteiger partial charge in [-0.2, -0.15) is 0 Å². The highest BCUT2D eigenvalue weighted by Crippen LogP contribution is 2.41. The Hall–Kier alpha value is -1.55. The van der Waals surface area contributed by atoms with E-state index >= 15 is 0 Å². The van der Waals surface area contributed by atoms with Crippen LogP contribution in [0.1, 0.15) is 17.9 Å². The highest BCUT2D eigenvalue weighted by Gasteiger charge is 2.42. The molecular formula is C11H12N2O2. The predicted molar refractivity (Wildman–Crippen MR) is 55.8 cm³/mol.